The standard InChI is InChI=1S/C20H20FN3O3S/c1-3-24-19(26)17(28-20(24)23-16-7-5-4-6-15(16)21)12-18(25)22-13-8-10-14(27-2)11-9-13/h4-11,17H,3,12H2,1-2H3,(H,22,25). The Morgan fingerprint density at radius 2 is 1.96 bits per heavy atom. The van der Waals surface area contributed by atoms with E-state index >= 15 is 0 Å². The van der Waals surface area contributed by atoms with Crippen molar-refractivity contribution in [3.8, 4) is 5.75 Å². The van der Waals surface area contributed by atoms with Crippen LogP contribution in [0.15, 0.2) is 53.5 Å². The molecule has 8 heteroatoms. The Bertz CT molecular complexity index is 902. The van der Waals surface area contributed by atoms with E-state index in [0.29, 0.717) is 23.1 Å². The number of aliphatic imine (C=N–C) groups is 1. The van der Waals surface area contributed by atoms with Crippen LogP contribution in [0.2, 0.25) is 0 Å². The van der Waals surface area contributed by atoms with Gasteiger partial charge in [0.1, 0.15) is 22.5 Å². The van der Waals surface area contributed by atoms with Gasteiger partial charge in [-0.15, -0.1) is 0 Å². The number of thioether (sulfide) groups is 1. The first kappa shape index (κ1) is 19.9. The van der Waals surface area contributed by atoms with Gasteiger partial charge in [0.25, 0.3) is 0 Å². The monoisotopic (exact) mass is 401 g/mol. The fraction of sp³-hybridized carbons (Fsp3) is 0.250. The van der Waals surface area contributed by atoms with Gasteiger partial charge in [-0.25, -0.2) is 9.38 Å². The second-order valence-electron chi connectivity index (χ2n) is 6.02. The minimum atomic E-state index is -0.594. The largest absolute Gasteiger partial charge is 0.497 e. The lowest BCUT2D eigenvalue weighted by Gasteiger charge is -2.13. The van der Waals surface area contributed by atoms with Crippen molar-refractivity contribution >= 4 is 40.1 Å². The number of nitrogens with zero attached hydrogens (tertiary/aromatic N) is 2. The zero-order valence-electron chi connectivity index (χ0n) is 15.5. The Balaban J connectivity index is 1.69. The number of carbonyl (C=O) groups excluding carboxylic acids is 2. The molecule has 0 spiro atoms. The van der Waals surface area contributed by atoms with E-state index in [2.05, 4.69) is 10.3 Å². The van der Waals surface area contributed by atoms with Gasteiger partial charge in [-0.05, 0) is 43.3 Å². The van der Waals surface area contributed by atoms with Crippen molar-refractivity contribution in [3.63, 3.8) is 0 Å². The maximum atomic E-state index is 13.9. The molecule has 0 radical (unpaired) electrons. The molecule has 1 saturated heterocycles. The lowest BCUT2D eigenvalue weighted by atomic mass is 10.2. The average Bonchev–Trinajstić information content (AvgIpc) is 2.98. The van der Waals surface area contributed by atoms with Gasteiger partial charge in [-0.2, -0.15) is 0 Å². The lowest BCUT2D eigenvalue weighted by Crippen LogP contribution is -2.33. The lowest BCUT2D eigenvalue weighted by molar-refractivity contribution is -0.128. The molecule has 2 amide bonds. The summed E-state index contributed by atoms with van der Waals surface area (Å²) in [6, 6.07) is 13.1. The Labute approximate surface area is 166 Å². The summed E-state index contributed by atoms with van der Waals surface area (Å²) in [7, 11) is 1.57. The van der Waals surface area contributed by atoms with Crippen molar-refractivity contribution in [2.75, 3.05) is 19.0 Å². The average molecular weight is 401 g/mol. The van der Waals surface area contributed by atoms with E-state index in [-0.39, 0.29) is 23.9 Å². The molecule has 2 aromatic rings. The number of para-hydroxylation sites is 1. The third-order valence-corrected chi connectivity index (χ3v) is 5.32. The number of hydrogen-bond acceptors (Lipinski definition) is 5. The first-order valence-corrected chi connectivity index (χ1v) is 9.65. The normalized spacial score (nSPS) is 17.8. The number of ether oxygens (including phenoxy) is 1. The third-order valence-electron chi connectivity index (χ3n) is 4.15. The van der Waals surface area contributed by atoms with E-state index in [1.807, 2.05) is 6.92 Å². The predicted octanol–water partition coefficient (Wildman–Crippen LogP) is 3.81. The number of hydrogen-bond donors (Lipinski definition) is 1. The molecular weight excluding hydrogens is 381 g/mol. The zero-order chi connectivity index (χ0) is 20.1. The van der Waals surface area contributed by atoms with Crippen LogP contribution >= 0.6 is 11.8 Å². The van der Waals surface area contributed by atoms with Crippen LogP contribution in [-0.2, 0) is 9.59 Å². The second-order valence-corrected chi connectivity index (χ2v) is 7.19. The van der Waals surface area contributed by atoms with E-state index in [1.165, 1.54) is 22.7 Å². The molecule has 1 aliphatic heterocycles. The molecule has 1 fully saturated rings. The summed E-state index contributed by atoms with van der Waals surface area (Å²) in [5.41, 5.74) is 0.786. The van der Waals surface area contributed by atoms with E-state index in [1.54, 1.807) is 49.6 Å². The zero-order valence-corrected chi connectivity index (χ0v) is 16.3. The first-order chi connectivity index (χ1) is 13.5. The highest BCUT2D eigenvalue weighted by molar-refractivity contribution is 8.15. The van der Waals surface area contributed by atoms with Crippen LogP contribution in [0.4, 0.5) is 15.8 Å². The van der Waals surface area contributed by atoms with Crippen LogP contribution in [-0.4, -0.2) is 40.8 Å². The fourth-order valence-corrected chi connectivity index (χ4v) is 3.93. The molecule has 1 atom stereocenters. The SMILES string of the molecule is CCN1C(=O)C(CC(=O)Nc2ccc(OC)cc2)SC1=Nc1ccccc1F. The number of anilines is 1. The highest BCUT2D eigenvalue weighted by Crippen LogP contribution is 2.32. The highest BCUT2D eigenvalue weighted by atomic mass is 32.2. The minimum absolute atomic E-state index is 0.00230. The minimum Gasteiger partial charge on any atom is -0.497 e. The summed E-state index contributed by atoms with van der Waals surface area (Å²) >= 11 is 1.18. The highest BCUT2D eigenvalue weighted by Gasteiger charge is 2.38. The maximum Gasteiger partial charge on any atom is 0.242 e. The summed E-state index contributed by atoms with van der Waals surface area (Å²) in [5.74, 6) is -0.251. The van der Waals surface area contributed by atoms with Gasteiger partial charge in [-0.1, -0.05) is 23.9 Å². The Morgan fingerprint density at radius 3 is 2.61 bits per heavy atom. The van der Waals surface area contributed by atoms with Gasteiger partial charge >= 0.3 is 0 Å². The van der Waals surface area contributed by atoms with E-state index in [4.69, 9.17) is 4.74 Å². The number of amidine groups is 1. The quantitative estimate of drug-likeness (QED) is 0.799. The Hall–Kier alpha value is -2.87. The third kappa shape index (κ3) is 4.51. The molecule has 6 nitrogen and oxygen atoms in total. The number of benzene rings is 2. The molecule has 0 aliphatic carbocycles. The second kappa shape index (κ2) is 8.88. The number of amides is 2. The molecule has 1 N–H and O–H groups in total. The Morgan fingerprint density at radius 1 is 1.25 bits per heavy atom. The molecule has 0 bridgehead atoms. The molecule has 2 aromatic carbocycles. The summed E-state index contributed by atoms with van der Waals surface area (Å²) in [4.78, 5) is 30.7. The number of nitrogens with one attached hydrogen (secondary N) is 1. The van der Waals surface area contributed by atoms with Gasteiger partial charge in [-0.3, -0.25) is 14.5 Å². The molecule has 146 valence electrons. The molecular formula is C20H20FN3O3S. The van der Waals surface area contributed by atoms with Gasteiger partial charge in [0.05, 0.1) is 7.11 Å². The van der Waals surface area contributed by atoms with Crippen LogP contribution in [0, 0.1) is 5.82 Å². The van der Waals surface area contributed by atoms with Gasteiger partial charge in [0.15, 0.2) is 5.17 Å². The van der Waals surface area contributed by atoms with Crippen LogP contribution in [0.25, 0.3) is 0 Å². The van der Waals surface area contributed by atoms with E-state index in [9.17, 15) is 14.0 Å². The van der Waals surface area contributed by atoms with Crippen molar-refractivity contribution in [3.05, 3.63) is 54.3 Å². The van der Waals surface area contributed by atoms with Crippen molar-refractivity contribution in [2.24, 2.45) is 4.99 Å². The number of methoxy groups -OCH3 is 1. The van der Waals surface area contributed by atoms with Crippen LogP contribution < -0.4 is 10.1 Å². The van der Waals surface area contributed by atoms with Crippen molar-refractivity contribution in [2.45, 2.75) is 18.6 Å². The Kier molecular flexibility index (Phi) is 6.30. The molecule has 3 rings (SSSR count). The van der Waals surface area contributed by atoms with Gasteiger partial charge in [0, 0.05) is 18.7 Å². The topological polar surface area (TPSA) is 71.0 Å². The maximum absolute atomic E-state index is 13.9. The smallest absolute Gasteiger partial charge is 0.242 e. The van der Waals surface area contributed by atoms with Gasteiger partial charge < -0.3 is 10.1 Å². The van der Waals surface area contributed by atoms with E-state index < -0.39 is 11.1 Å². The fourth-order valence-electron chi connectivity index (χ4n) is 2.72. The summed E-state index contributed by atoms with van der Waals surface area (Å²) in [6.07, 6.45) is 0.00230. The summed E-state index contributed by atoms with van der Waals surface area (Å²) in [6.45, 7) is 2.21. The molecule has 28 heavy (non-hydrogen) atoms. The number of rotatable bonds is 6. The van der Waals surface area contributed by atoms with Crippen molar-refractivity contribution < 1.29 is 18.7 Å². The van der Waals surface area contributed by atoms with Crippen LogP contribution in [0.5, 0.6) is 5.75 Å². The van der Waals surface area contributed by atoms with Gasteiger partial charge in [0.2, 0.25) is 11.8 Å². The molecule has 0 aromatic heterocycles. The van der Waals surface area contributed by atoms with Crippen molar-refractivity contribution in [1.29, 1.82) is 0 Å². The number of carbonyl (C=O) groups is 2. The molecule has 1 unspecified atom stereocenters. The van der Waals surface area contributed by atoms with E-state index in [0.717, 1.165) is 0 Å². The molecule has 1 heterocycles. The van der Waals surface area contributed by atoms with Crippen LogP contribution in [0.3, 0.4) is 0 Å². The molecule has 1 aliphatic rings. The van der Waals surface area contributed by atoms with Crippen molar-refractivity contribution in [1.82, 2.24) is 4.90 Å². The predicted molar refractivity (Wildman–Crippen MR) is 109 cm³/mol. The first-order valence-electron chi connectivity index (χ1n) is 8.77. The number of halogens is 1. The molecule has 0 saturated carbocycles. The van der Waals surface area contributed by atoms with Crippen LogP contribution in [0.1, 0.15) is 13.3 Å². The summed E-state index contributed by atoms with van der Waals surface area (Å²) < 4.78 is 19.0. The summed E-state index contributed by atoms with van der Waals surface area (Å²) in [5, 5.41) is 2.58.